The van der Waals surface area contributed by atoms with Crippen LogP contribution in [0.25, 0.3) is 0 Å². The zero-order valence-electron chi connectivity index (χ0n) is 16.4. The van der Waals surface area contributed by atoms with Crippen LogP contribution in [0.1, 0.15) is 46.2 Å². The number of hydrogen-bond acceptors (Lipinski definition) is 3. The lowest BCUT2D eigenvalue weighted by Crippen LogP contribution is -2.51. The maximum atomic E-state index is 4.85. The fourth-order valence-corrected chi connectivity index (χ4v) is 3.31. The van der Waals surface area contributed by atoms with Gasteiger partial charge < -0.3 is 10.6 Å². The summed E-state index contributed by atoms with van der Waals surface area (Å²) in [5.74, 6) is 1.69. The molecule has 0 bridgehead atoms. The minimum Gasteiger partial charge on any atom is -0.357 e. The van der Waals surface area contributed by atoms with Crippen molar-refractivity contribution in [2.24, 2.45) is 10.9 Å². The number of aromatic nitrogens is 1. The van der Waals surface area contributed by atoms with E-state index in [-0.39, 0.29) is 5.54 Å². The van der Waals surface area contributed by atoms with Crippen molar-refractivity contribution in [1.29, 1.82) is 0 Å². The van der Waals surface area contributed by atoms with Gasteiger partial charge in [-0.25, -0.2) is 0 Å². The van der Waals surface area contributed by atoms with Crippen LogP contribution in [0.3, 0.4) is 0 Å². The van der Waals surface area contributed by atoms with Crippen molar-refractivity contribution in [2.45, 2.75) is 52.5 Å². The van der Waals surface area contributed by atoms with Crippen molar-refractivity contribution in [3.05, 3.63) is 30.1 Å². The Balaban J connectivity index is 1.87. The zero-order chi connectivity index (χ0) is 18.1. The molecular weight excluding hydrogens is 310 g/mol. The third-order valence-corrected chi connectivity index (χ3v) is 4.88. The standard InChI is InChI=1S/C20H35N5/c1-5-21-19(23-13-11-18-10-6-7-12-22-18)24-16-20(3,4)25-14-8-9-17(2)15-25/h6-7,10,12,17H,5,8-9,11,13-16H2,1-4H3,(H2,21,23,24). The van der Waals surface area contributed by atoms with E-state index in [9.17, 15) is 0 Å². The number of likely N-dealkylation sites (tertiary alicyclic amines) is 1. The van der Waals surface area contributed by atoms with Crippen LogP contribution in [-0.2, 0) is 6.42 Å². The first-order chi connectivity index (χ1) is 12.0. The molecule has 1 atom stereocenters. The van der Waals surface area contributed by atoms with E-state index in [1.165, 1.54) is 25.9 Å². The van der Waals surface area contributed by atoms with Gasteiger partial charge in [-0.05, 0) is 58.2 Å². The van der Waals surface area contributed by atoms with Gasteiger partial charge in [0.1, 0.15) is 0 Å². The minimum absolute atomic E-state index is 0.0953. The molecule has 0 radical (unpaired) electrons. The highest BCUT2D eigenvalue weighted by Crippen LogP contribution is 2.24. The Labute approximate surface area is 153 Å². The average Bonchev–Trinajstić information content (AvgIpc) is 2.61. The SMILES string of the molecule is CCNC(=NCC(C)(C)N1CCCC(C)C1)NCCc1ccccn1. The third-order valence-electron chi connectivity index (χ3n) is 4.88. The van der Waals surface area contributed by atoms with Crippen LogP contribution in [0.15, 0.2) is 29.4 Å². The summed E-state index contributed by atoms with van der Waals surface area (Å²) in [7, 11) is 0. The fourth-order valence-electron chi connectivity index (χ4n) is 3.31. The van der Waals surface area contributed by atoms with Crippen LogP contribution in [0.5, 0.6) is 0 Å². The lowest BCUT2D eigenvalue weighted by molar-refractivity contribution is 0.0774. The first-order valence-corrected chi connectivity index (χ1v) is 9.68. The first kappa shape index (κ1) is 19.7. The largest absolute Gasteiger partial charge is 0.357 e. The number of nitrogens with zero attached hydrogens (tertiary/aromatic N) is 3. The van der Waals surface area contributed by atoms with E-state index < -0.39 is 0 Å². The number of aliphatic imine (C=N–C) groups is 1. The molecule has 1 aliphatic heterocycles. The van der Waals surface area contributed by atoms with Crippen molar-refractivity contribution >= 4 is 5.96 Å². The maximum Gasteiger partial charge on any atom is 0.191 e. The average molecular weight is 346 g/mol. The van der Waals surface area contributed by atoms with Crippen molar-refractivity contribution in [3.63, 3.8) is 0 Å². The molecule has 25 heavy (non-hydrogen) atoms. The predicted octanol–water partition coefficient (Wildman–Crippen LogP) is 2.69. The molecule has 2 heterocycles. The number of piperidine rings is 1. The minimum atomic E-state index is 0.0953. The Morgan fingerprint density at radius 3 is 2.88 bits per heavy atom. The summed E-state index contributed by atoms with van der Waals surface area (Å²) >= 11 is 0. The second kappa shape index (κ2) is 9.76. The van der Waals surface area contributed by atoms with Gasteiger partial charge in [-0.3, -0.25) is 14.9 Å². The normalized spacial score (nSPS) is 19.7. The molecule has 5 heteroatoms. The number of nitrogens with one attached hydrogen (secondary N) is 2. The molecule has 1 aromatic heterocycles. The fraction of sp³-hybridized carbons (Fsp3) is 0.700. The number of rotatable bonds is 7. The molecule has 0 aromatic carbocycles. The number of hydrogen-bond donors (Lipinski definition) is 2. The van der Waals surface area contributed by atoms with Gasteiger partial charge in [0.05, 0.1) is 6.54 Å². The van der Waals surface area contributed by atoms with E-state index in [1.54, 1.807) is 0 Å². The van der Waals surface area contributed by atoms with E-state index in [0.29, 0.717) is 0 Å². The molecule has 1 fully saturated rings. The topological polar surface area (TPSA) is 52.6 Å². The van der Waals surface area contributed by atoms with Crippen molar-refractivity contribution < 1.29 is 0 Å². The summed E-state index contributed by atoms with van der Waals surface area (Å²) in [5.41, 5.74) is 1.20. The summed E-state index contributed by atoms with van der Waals surface area (Å²) in [5, 5.41) is 6.79. The second-order valence-electron chi connectivity index (χ2n) is 7.70. The summed E-state index contributed by atoms with van der Waals surface area (Å²) in [6.45, 7) is 14.0. The second-order valence-corrected chi connectivity index (χ2v) is 7.70. The Kier molecular flexibility index (Phi) is 7.69. The summed E-state index contributed by atoms with van der Waals surface area (Å²) in [6.07, 6.45) is 5.40. The van der Waals surface area contributed by atoms with Gasteiger partial charge in [0, 0.05) is 43.5 Å². The van der Waals surface area contributed by atoms with Crippen LogP contribution in [0, 0.1) is 5.92 Å². The van der Waals surface area contributed by atoms with Crippen molar-refractivity contribution in [3.8, 4) is 0 Å². The highest BCUT2D eigenvalue weighted by Gasteiger charge is 2.29. The molecule has 0 spiro atoms. The van der Waals surface area contributed by atoms with Crippen LogP contribution in [-0.4, -0.2) is 54.1 Å². The van der Waals surface area contributed by atoms with Gasteiger partial charge in [0.15, 0.2) is 5.96 Å². The van der Waals surface area contributed by atoms with Gasteiger partial charge in [0.25, 0.3) is 0 Å². The van der Waals surface area contributed by atoms with Crippen molar-refractivity contribution in [1.82, 2.24) is 20.5 Å². The Morgan fingerprint density at radius 2 is 2.20 bits per heavy atom. The molecule has 5 nitrogen and oxygen atoms in total. The Hall–Kier alpha value is -1.62. The van der Waals surface area contributed by atoms with Gasteiger partial charge in [-0.1, -0.05) is 13.0 Å². The molecule has 1 unspecified atom stereocenters. The third kappa shape index (κ3) is 6.65. The zero-order valence-corrected chi connectivity index (χ0v) is 16.4. The van der Waals surface area contributed by atoms with E-state index in [0.717, 1.165) is 43.6 Å². The Morgan fingerprint density at radius 1 is 1.36 bits per heavy atom. The molecular formula is C20H35N5. The monoisotopic (exact) mass is 345 g/mol. The molecule has 0 aliphatic carbocycles. The molecule has 1 saturated heterocycles. The molecule has 2 N–H and O–H groups in total. The van der Waals surface area contributed by atoms with E-state index >= 15 is 0 Å². The summed E-state index contributed by atoms with van der Waals surface area (Å²) in [4.78, 5) is 11.8. The van der Waals surface area contributed by atoms with E-state index in [2.05, 4.69) is 54.3 Å². The number of pyridine rings is 1. The Bertz CT molecular complexity index is 526. The lowest BCUT2D eigenvalue weighted by Gasteiger charge is -2.42. The van der Waals surface area contributed by atoms with Crippen molar-refractivity contribution in [2.75, 3.05) is 32.7 Å². The first-order valence-electron chi connectivity index (χ1n) is 9.68. The predicted molar refractivity (Wildman–Crippen MR) is 106 cm³/mol. The van der Waals surface area contributed by atoms with E-state index in [4.69, 9.17) is 4.99 Å². The number of guanidine groups is 1. The van der Waals surface area contributed by atoms with E-state index in [1.807, 2.05) is 18.3 Å². The van der Waals surface area contributed by atoms with Crippen LogP contribution in [0.2, 0.25) is 0 Å². The van der Waals surface area contributed by atoms with Gasteiger partial charge in [-0.2, -0.15) is 0 Å². The lowest BCUT2D eigenvalue weighted by atomic mass is 9.94. The maximum absolute atomic E-state index is 4.85. The van der Waals surface area contributed by atoms with Gasteiger partial charge >= 0.3 is 0 Å². The summed E-state index contributed by atoms with van der Waals surface area (Å²) < 4.78 is 0. The molecule has 0 amide bonds. The van der Waals surface area contributed by atoms with Gasteiger partial charge in [-0.15, -0.1) is 0 Å². The highest BCUT2D eigenvalue weighted by molar-refractivity contribution is 5.79. The molecule has 2 rings (SSSR count). The van der Waals surface area contributed by atoms with Crippen LogP contribution >= 0.6 is 0 Å². The molecule has 140 valence electrons. The molecule has 1 aliphatic rings. The quantitative estimate of drug-likeness (QED) is 0.589. The molecule has 0 saturated carbocycles. The van der Waals surface area contributed by atoms with Gasteiger partial charge in [0.2, 0.25) is 0 Å². The van der Waals surface area contributed by atoms with Crippen LogP contribution in [0.4, 0.5) is 0 Å². The molecule has 1 aromatic rings. The highest BCUT2D eigenvalue weighted by atomic mass is 15.2. The summed E-state index contributed by atoms with van der Waals surface area (Å²) in [6, 6.07) is 6.04. The smallest absolute Gasteiger partial charge is 0.191 e. The van der Waals surface area contributed by atoms with Crippen LogP contribution < -0.4 is 10.6 Å².